The molecule has 8 heteroatoms. The highest BCUT2D eigenvalue weighted by Gasteiger charge is 2.28. The van der Waals surface area contributed by atoms with Gasteiger partial charge in [0.2, 0.25) is 9.84 Å². The van der Waals surface area contributed by atoms with Gasteiger partial charge in [0, 0.05) is 11.4 Å². The summed E-state index contributed by atoms with van der Waals surface area (Å²) in [6.07, 6.45) is 4.39. The van der Waals surface area contributed by atoms with Crippen LogP contribution in [-0.4, -0.2) is 34.6 Å². The summed E-state index contributed by atoms with van der Waals surface area (Å²) >= 11 is 0. The molecule has 1 aromatic heterocycles. The maximum Gasteiger partial charge on any atom is 0.207 e. The zero-order chi connectivity index (χ0) is 23.7. The van der Waals surface area contributed by atoms with E-state index in [0.717, 1.165) is 31.1 Å². The van der Waals surface area contributed by atoms with Gasteiger partial charge in [0.25, 0.3) is 0 Å². The predicted octanol–water partition coefficient (Wildman–Crippen LogP) is 4.68. The van der Waals surface area contributed by atoms with Crippen LogP contribution in [0.3, 0.4) is 0 Å². The molecule has 0 spiro atoms. The fourth-order valence-corrected chi connectivity index (χ4v) is 6.24. The minimum absolute atomic E-state index is 0.0190. The minimum Gasteiger partial charge on any atom is -0.507 e. The summed E-state index contributed by atoms with van der Waals surface area (Å²) in [5.41, 5.74) is 0.964. The molecule has 0 unspecified atom stereocenters. The number of sulfone groups is 1. The van der Waals surface area contributed by atoms with Crippen LogP contribution in [0.15, 0.2) is 76.5 Å². The summed E-state index contributed by atoms with van der Waals surface area (Å²) in [5.74, 6) is 0.511. The lowest BCUT2D eigenvalue weighted by atomic mass is 10.1. The zero-order valence-corrected chi connectivity index (χ0v) is 19.3. The van der Waals surface area contributed by atoms with Gasteiger partial charge in [-0.3, -0.25) is 0 Å². The molecule has 0 aliphatic heterocycles. The highest BCUT2D eigenvalue weighted by Crippen LogP contribution is 2.38. The van der Waals surface area contributed by atoms with Gasteiger partial charge in [-0.1, -0.05) is 49.2 Å². The molecule has 1 saturated carbocycles. The number of anilines is 1. The van der Waals surface area contributed by atoms with Crippen molar-refractivity contribution in [3.05, 3.63) is 72.3 Å². The Hall–Kier alpha value is -3.49. The van der Waals surface area contributed by atoms with Gasteiger partial charge in [-0.2, -0.15) is 0 Å². The van der Waals surface area contributed by atoms with Crippen molar-refractivity contribution < 1.29 is 18.6 Å². The van der Waals surface area contributed by atoms with Crippen molar-refractivity contribution in [1.29, 1.82) is 0 Å². The van der Waals surface area contributed by atoms with E-state index in [1.165, 1.54) is 24.3 Å². The van der Waals surface area contributed by atoms with E-state index in [2.05, 4.69) is 10.3 Å². The number of phenolic OH excluding ortho intramolecular Hbond substituents is 1. The molecule has 0 radical (unpaired) electrons. The first-order chi connectivity index (χ1) is 16.5. The van der Waals surface area contributed by atoms with Crippen LogP contribution in [0.4, 0.5) is 5.82 Å². The number of hydrogen-bond acceptors (Lipinski definition) is 7. The van der Waals surface area contributed by atoms with E-state index in [0.29, 0.717) is 11.3 Å². The van der Waals surface area contributed by atoms with Gasteiger partial charge in [-0.05, 0) is 48.7 Å². The first kappa shape index (κ1) is 22.3. The summed E-state index contributed by atoms with van der Waals surface area (Å²) in [6.45, 7) is -0.425. The fourth-order valence-electron chi connectivity index (χ4n) is 4.55. The van der Waals surface area contributed by atoms with E-state index >= 15 is 0 Å². The Morgan fingerprint density at radius 3 is 2.38 bits per heavy atom. The zero-order valence-electron chi connectivity index (χ0n) is 18.5. The summed E-state index contributed by atoms with van der Waals surface area (Å²) < 4.78 is 27.4. The quantitative estimate of drug-likeness (QED) is 0.371. The summed E-state index contributed by atoms with van der Waals surface area (Å²) in [4.78, 5) is 9.20. The van der Waals surface area contributed by atoms with Crippen molar-refractivity contribution in [2.45, 2.75) is 48.1 Å². The van der Waals surface area contributed by atoms with Crippen LogP contribution in [0.1, 0.15) is 31.2 Å². The number of aromatic nitrogens is 2. The third kappa shape index (κ3) is 3.99. The van der Waals surface area contributed by atoms with Crippen molar-refractivity contribution in [1.82, 2.24) is 9.97 Å². The number of aliphatic hydroxyl groups excluding tert-OH is 1. The summed E-state index contributed by atoms with van der Waals surface area (Å²) in [6, 6.07) is 18.4. The Morgan fingerprint density at radius 2 is 1.59 bits per heavy atom. The van der Waals surface area contributed by atoms with Gasteiger partial charge in [-0.25, -0.2) is 18.4 Å². The average Bonchev–Trinajstić information content (AvgIpc) is 3.37. The topological polar surface area (TPSA) is 112 Å². The van der Waals surface area contributed by atoms with Gasteiger partial charge < -0.3 is 15.5 Å². The second-order valence-electron chi connectivity index (χ2n) is 8.46. The van der Waals surface area contributed by atoms with E-state index in [1.54, 1.807) is 18.2 Å². The largest absolute Gasteiger partial charge is 0.507 e. The van der Waals surface area contributed by atoms with Crippen molar-refractivity contribution >= 4 is 26.6 Å². The SMILES string of the molecule is O=S(=O)(c1ccccc1CO)c1cccc(O)c1-c1nc(NC2CCCC2)c2ccccc2n1. The third-order valence-electron chi connectivity index (χ3n) is 6.25. The molecule has 4 aromatic rings. The Kier molecular flexibility index (Phi) is 5.93. The average molecular weight is 476 g/mol. The molecule has 0 atom stereocenters. The van der Waals surface area contributed by atoms with Crippen LogP contribution in [0.25, 0.3) is 22.3 Å². The normalized spacial score (nSPS) is 14.5. The number of benzene rings is 3. The van der Waals surface area contributed by atoms with Gasteiger partial charge in [-0.15, -0.1) is 0 Å². The molecule has 0 saturated heterocycles. The molecule has 1 aliphatic rings. The molecule has 3 aromatic carbocycles. The number of para-hydroxylation sites is 1. The van der Waals surface area contributed by atoms with Crippen molar-refractivity contribution in [2.75, 3.05) is 5.32 Å². The number of hydrogen-bond donors (Lipinski definition) is 3. The number of fused-ring (bicyclic) bond motifs is 1. The van der Waals surface area contributed by atoms with E-state index in [-0.39, 0.29) is 38.5 Å². The lowest BCUT2D eigenvalue weighted by molar-refractivity contribution is 0.278. The molecule has 1 fully saturated rings. The van der Waals surface area contributed by atoms with Crippen LogP contribution in [0.5, 0.6) is 5.75 Å². The molecule has 3 N–H and O–H groups in total. The number of aliphatic hydroxyl groups is 1. The lowest BCUT2D eigenvalue weighted by Gasteiger charge is -2.17. The van der Waals surface area contributed by atoms with E-state index in [1.807, 2.05) is 24.3 Å². The Balaban J connectivity index is 1.72. The van der Waals surface area contributed by atoms with Gasteiger partial charge >= 0.3 is 0 Å². The number of nitrogens with zero attached hydrogens (tertiary/aromatic N) is 2. The second kappa shape index (κ2) is 9.04. The van der Waals surface area contributed by atoms with Crippen LogP contribution in [-0.2, 0) is 16.4 Å². The molecular weight excluding hydrogens is 450 g/mol. The first-order valence-corrected chi connectivity index (χ1v) is 12.8. The molecule has 34 heavy (non-hydrogen) atoms. The summed E-state index contributed by atoms with van der Waals surface area (Å²) in [5, 5.41) is 24.9. The van der Waals surface area contributed by atoms with Crippen molar-refractivity contribution in [3.8, 4) is 17.1 Å². The molecule has 7 nitrogen and oxygen atoms in total. The molecule has 0 bridgehead atoms. The maximum absolute atomic E-state index is 13.7. The van der Waals surface area contributed by atoms with E-state index < -0.39 is 16.4 Å². The van der Waals surface area contributed by atoms with Gasteiger partial charge in [0.05, 0.1) is 27.5 Å². The van der Waals surface area contributed by atoms with Crippen molar-refractivity contribution in [3.63, 3.8) is 0 Å². The molecular formula is C26H25N3O4S. The lowest BCUT2D eigenvalue weighted by Crippen LogP contribution is -2.16. The third-order valence-corrected chi connectivity index (χ3v) is 8.15. The Bertz CT molecular complexity index is 1460. The van der Waals surface area contributed by atoms with E-state index in [9.17, 15) is 18.6 Å². The maximum atomic E-state index is 13.7. The van der Waals surface area contributed by atoms with Gasteiger partial charge in [0.15, 0.2) is 5.82 Å². The first-order valence-electron chi connectivity index (χ1n) is 11.3. The van der Waals surface area contributed by atoms with E-state index in [4.69, 9.17) is 4.98 Å². The van der Waals surface area contributed by atoms with Crippen LogP contribution in [0.2, 0.25) is 0 Å². The molecule has 1 aliphatic carbocycles. The number of nitrogens with one attached hydrogen (secondary N) is 1. The number of aromatic hydroxyl groups is 1. The highest BCUT2D eigenvalue weighted by molar-refractivity contribution is 7.91. The molecule has 5 rings (SSSR count). The predicted molar refractivity (Wildman–Crippen MR) is 130 cm³/mol. The number of rotatable bonds is 6. The van der Waals surface area contributed by atoms with Crippen molar-refractivity contribution in [2.24, 2.45) is 0 Å². The Labute approximate surface area is 198 Å². The molecule has 1 heterocycles. The van der Waals surface area contributed by atoms with Crippen LogP contribution < -0.4 is 5.32 Å². The van der Waals surface area contributed by atoms with Crippen LogP contribution in [0, 0.1) is 0 Å². The summed E-state index contributed by atoms with van der Waals surface area (Å²) in [7, 11) is -4.09. The molecule has 0 amide bonds. The minimum atomic E-state index is -4.09. The van der Waals surface area contributed by atoms with Gasteiger partial charge in [0.1, 0.15) is 11.6 Å². The van der Waals surface area contributed by atoms with Crippen LogP contribution >= 0.6 is 0 Å². The standard InChI is InChI=1S/C26H25N3O4S/c30-16-17-8-1-6-14-22(17)34(32,33)23-15-7-13-21(31)24(23)26-28-20-12-5-4-11-19(20)25(29-26)27-18-9-2-3-10-18/h1,4-8,11-15,18,30-31H,2-3,9-10,16H2,(H,27,28,29). The highest BCUT2D eigenvalue weighted by atomic mass is 32.2. The fraction of sp³-hybridized carbons (Fsp3) is 0.231. The number of phenols is 1. The second-order valence-corrected chi connectivity index (χ2v) is 10.3. The monoisotopic (exact) mass is 475 g/mol. The smallest absolute Gasteiger partial charge is 0.207 e. The molecule has 174 valence electrons. The Morgan fingerprint density at radius 1 is 0.882 bits per heavy atom.